The Hall–Kier alpha value is -6.86. The van der Waals surface area contributed by atoms with E-state index in [2.05, 4.69) is 58.4 Å². The highest BCUT2D eigenvalue weighted by molar-refractivity contribution is 7.95. The molecule has 4 aromatic rings. The Balaban J connectivity index is 1.30. The molecule has 0 aliphatic carbocycles. The average molecular weight is 1470 g/mol. The van der Waals surface area contributed by atoms with Gasteiger partial charge in [0.1, 0.15) is 94.1 Å². The van der Waals surface area contributed by atoms with E-state index in [1.54, 1.807) is 31.5 Å². The predicted molar refractivity (Wildman–Crippen MR) is 361 cm³/mol. The van der Waals surface area contributed by atoms with E-state index in [1.807, 2.05) is 0 Å². The van der Waals surface area contributed by atoms with Gasteiger partial charge in [0.25, 0.3) is 5.91 Å². The number of nitrogens with one attached hydrogen (secondary N) is 4. The van der Waals surface area contributed by atoms with Crippen LogP contribution >= 0.6 is 22.7 Å². The molecule has 21 N–H and O–H groups in total. The van der Waals surface area contributed by atoms with Crippen LogP contribution in [-0.2, 0) is 69.7 Å². The van der Waals surface area contributed by atoms with Crippen molar-refractivity contribution in [3.63, 3.8) is 0 Å². The van der Waals surface area contributed by atoms with Crippen molar-refractivity contribution in [1.82, 2.24) is 45.9 Å². The topological polar surface area (TPSA) is 580 Å². The van der Waals surface area contributed by atoms with Gasteiger partial charge in [0.05, 0.1) is 90.7 Å². The van der Waals surface area contributed by atoms with Gasteiger partial charge >= 0.3 is 6.09 Å². The van der Waals surface area contributed by atoms with E-state index in [4.69, 9.17) is 57.1 Å². The third kappa shape index (κ3) is 22.8. The lowest BCUT2D eigenvalue weighted by Gasteiger charge is -2.47. The van der Waals surface area contributed by atoms with Gasteiger partial charge in [0.2, 0.25) is 23.6 Å². The van der Waals surface area contributed by atoms with Gasteiger partial charge in [-0.3, -0.25) is 33.6 Å². The number of Topliss-reactive ketones (excluding diaryl/α,β-unsaturated/α-hetero) is 2. The molecule has 4 unspecified atom stereocenters. The Bertz CT molecular complexity index is 3400. The maximum absolute atomic E-state index is 15.4. The summed E-state index contributed by atoms with van der Waals surface area (Å²) in [6, 6.07) is -2.58. The fourth-order valence-electron chi connectivity index (χ4n) is 10.9. The molecule has 2 saturated heterocycles. The highest BCUT2D eigenvalue weighted by Gasteiger charge is 2.54. The second kappa shape index (κ2) is 37.4. The summed E-state index contributed by atoms with van der Waals surface area (Å²) in [5.41, 5.74) is 28.1. The van der Waals surface area contributed by atoms with Gasteiger partial charge in [-0.25, -0.2) is 29.7 Å². The average Bonchev–Trinajstić information content (AvgIpc) is 0.892. The van der Waals surface area contributed by atoms with Crippen LogP contribution in [0.3, 0.4) is 0 Å². The fraction of sp³-hybridized carbons (Fsp3) is 0.661. The number of thiazole rings is 2. The van der Waals surface area contributed by atoms with E-state index in [0.29, 0.717) is 22.3 Å². The molecule has 38 heteroatoms. The molecule has 0 saturated carbocycles. The second-order valence-electron chi connectivity index (χ2n) is 25.9. The van der Waals surface area contributed by atoms with E-state index in [1.165, 1.54) is 62.9 Å². The number of aromatic amines is 1. The molecule has 6 heterocycles. The Morgan fingerprint density at radius 1 is 0.810 bits per heavy atom. The van der Waals surface area contributed by atoms with Crippen LogP contribution in [0.15, 0.2) is 23.3 Å². The van der Waals surface area contributed by atoms with Crippen molar-refractivity contribution in [3.05, 3.63) is 56.8 Å². The van der Waals surface area contributed by atoms with E-state index in [-0.39, 0.29) is 76.9 Å². The van der Waals surface area contributed by atoms with Crippen molar-refractivity contribution in [2.45, 2.75) is 197 Å². The van der Waals surface area contributed by atoms with Crippen LogP contribution in [-0.4, -0.2) is 249 Å². The van der Waals surface area contributed by atoms with Gasteiger partial charge < -0.3 is 114 Å². The number of aromatic nitrogens is 6. The minimum absolute atomic E-state index is 0.0102. The molecule has 2 aliphatic rings. The smallest absolute Gasteiger partial charge is 0.404 e. The molecule has 556 valence electrons. The van der Waals surface area contributed by atoms with Gasteiger partial charge in [0.15, 0.2) is 24.5 Å². The molecule has 4 aromatic heterocycles. The second-order valence-corrected chi connectivity index (χ2v) is 30.1. The lowest BCUT2D eigenvalue weighted by Crippen LogP contribution is -2.65. The number of rotatable bonds is 38. The Morgan fingerprint density at radius 2 is 1.51 bits per heavy atom. The minimum Gasteiger partial charge on any atom is -0.441 e. The van der Waals surface area contributed by atoms with Gasteiger partial charge in [-0.2, -0.15) is 0 Å². The maximum Gasteiger partial charge on any atom is 0.404 e. The number of aliphatic hydroxyl groups excluding tert-OH is 7. The van der Waals surface area contributed by atoms with Gasteiger partial charge in [-0.1, -0.05) is 6.92 Å². The first-order valence-electron chi connectivity index (χ1n) is 32.2. The highest BCUT2D eigenvalue weighted by Crippen LogP contribution is 2.38. The monoisotopic (exact) mass is 1470 g/mol. The number of primary amides is 3. The third-order valence-electron chi connectivity index (χ3n) is 16.8. The molecular formula is C62H95N14O21S3+. The molecule has 19 atom stereocenters. The van der Waals surface area contributed by atoms with Crippen LogP contribution < -0.4 is 44.6 Å². The van der Waals surface area contributed by atoms with Gasteiger partial charge in [-0.15, -0.1) is 22.7 Å². The zero-order valence-corrected chi connectivity index (χ0v) is 59.4. The van der Waals surface area contributed by atoms with Crippen LogP contribution in [0.1, 0.15) is 135 Å². The van der Waals surface area contributed by atoms with Crippen LogP contribution in [0.2, 0.25) is 0 Å². The third-order valence-corrected chi connectivity index (χ3v) is 19.7. The zero-order chi connectivity index (χ0) is 74.2. The zero-order valence-electron chi connectivity index (χ0n) is 57.0. The van der Waals surface area contributed by atoms with Crippen LogP contribution in [0, 0.1) is 24.7 Å². The molecule has 2 fully saturated rings. The normalized spacial score (nSPS) is 23.8. The fourth-order valence-corrected chi connectivity index (χ4v) is 13.3. The number of nitrogens with two attached hydrogens (primary N) is 5. The summed E-state index contributed by atoms with van der Waals surface area (Å²) in [6.45, 7) is 9.61. The van der Waals surface area contributed by atoms with Crippen LogP contribution in [0.4, 0.5) is 10.6 Å². The number of nitrogen functional groups attached to an aromatic ring is 1. The minimum atomic E-state index is -2.14. The molecule has 2 aliphatic heterocycles. The number of H-pyrrole nitrogens is 1. The summed E-state index contributed by atoms with van der Waals surface area (Å²) >= 11 is 2.57. The molecule has 6 rings (SSSR count). The van der Waals surface area contributed by atoms with E-state index in [0.717, 1.165) is 12.2 Å². The van der Waals surface area contributed by atoms with Crippen LogP contribution in [0.25, 0.3) is 10.7 Å². The number of nitrogens with zero attached hydrogens (tertiary/aromatic N) is 5. The number of amides is 6. The largest absolute Gasteiger partial charge is 0.441 e. The lowest BCUT2D eigenvalue weighted by molar-refractivity contribution is -0.374. The van der Waals surface area contributed by atoms with E-state index in [9.17, 15) is 64.5 Å². The lowest BCUT2D eigenvalue weighted by atomic mass is 9.86. The van der Waals surface area contributed by atoms with Crippen molar-refractivity contribution in [2.24, 2.45) is 40.7 Å². The molecule has 100 heavy (non-hydrogen) atoms. The number of imidazole rings is 1. The molecule has 0 bridgehead atoms. The van der Waals surface area contributed by atoms with E-state index < -0.39 is 195 Å². The molecule has 35 nitrogen and oxygen atoms in total. The highest BCUT2D eigenvalue weighted by atomic mass is 32.2. The number of anilines is 1. The number of ketones is 2. The molecule has 6 amide bonds. The standard InChI is InChI=1S/C62H94N14O21S3/c1-26(37(79)18-31(29(4)78)55(88)70-15-13-42-73-36(24-98-42)58-74-35(23-99-58)57(90)69-14-10-16-100(8)9)44(82)28(3)72-56(89)32(19-38(80)43-27(2)52(65)76-54(75-43)30(17-41(64)81)11-12-33(63)53(66)87)49(34-20-68-25-71-34)95-60-51(47(85)45(83)40(94-60)22-92-62(5,6)7)96-59-48(86)50(97-61(67)91)46(84)39(21-77)93-59/h20,23-26,28-33,39-40,44-51,59-60,77-78,82-86H,10-19,21-22,63H2,1-9H3,(H11-,64,65,66,67,68,69,70,71,72,75,76,81,87,88,89,90,91)/p+1/t26-,28-,29-,30+,31+,32+,33+,39?,40?,44+,45-,46-,47-,48-,49-,50?,51?,59-,60+/m1/s1. The SMILES string of the molecule is Cc1c(N)nc([C@@H](CC[C@H](N)C(N)=O)CC(N)=O)nc1C(=O)C[C@H](C(=O)N[C@H](C)[C@@H](O)[C@H](C)C(=O)C[C@H](C(=O)NCCc1nc(-c2nc(C(=O)NCCC[S+](C)C)cs2)cs1)[C@@H](C)O)[C@@H](O[C@@H]1OC(COC(C)(C)C)[C@@H](O)[C@@H](O)C1O[C@H]1OC(CO)[C@@H](O)C(OC(N)=O)[C@H]1O)c1cnc[nH]1. The van der Waals surface area contributed by atoms with Crippen molar-refractivity contribution >= 4 is 86.6 Å². The summed E-state index contributed by atoms with van der Waals surface area (Å²) in [5, 5.41) is 92.0. The summed E-state index contributed by atoms with van der Waals surface area (Å²) in [4.78, 5) is 133. The van der Waals surface area contributed by atoms with Crippen molar-refractivity contribution in [3.8, 4) is 10.7 Å². The number of hydrogen-bond acceptors (Lipinski definition) is 30. The first kappa shape index (κ1) is 82.1. The van der Waals surface area contributed by atoms with Crippen molar-refractivity contribution in [2.75, 3.05) is 50.3 Å². The number of hydrogen-bond donors (Lipinski definition) is 16. The number of carbonyl (C=O) groups is 8. The quantitative estimate of drug-likeness (QED) is 0.0126. The molecule has 0 spiro atoms. The summed E-state index contributed by atoms with van der Waals surface area (Å²) in [5.74, 6) is -10.4. The van der Waals surface area contributed by atoms with Crippen molar-refractivity contribution < 1.29 is 103 Å². The number of ether oxygens (including phenoxy) is 6. The van der Waals surface area contributed by atoms with E-state index >= 15 is 9.59 Å². The summed E-state index contributed by atoms with van der Waals surface area (Å²) in [6.07, 6.45) is -20.0. The van der Waals surface area contributed by atoms with Gasteiger partial charge in [0, 0.05) is 73.4 Å². The first-order valence-corrected chi connectivity index (χ1v) is 36.2. The Morgan fingerprint density at radius 3 is 2.13 bits per heavy atom. The Kier molecular flexibility index (Phi) is 30.7. The summed E-state index contributed by atoms with van der Waals surface area (Å²) in [7, 11) is 0.260. The maximum atomic E-state index is 15.4. The van der Waals surface area contributed by atoms with Crippen LogP contribution in [0.5, 0.6) is 0 Å². The summed E-state index contributed by atoms with van der Waals surface area (Å²) < 4.78 is 35.7. The number of aliphatic hydroxyl groups is 7. The Labute approximate surface area is 587 Å². The molecular weight excluding hydrogens is 1370 g/mol. The predicted octanol–water partition coefficient (Wildman–Crippen LogP) is -2.47. The molecule has 0 aromatic carbocycles. The van der Waals surface area contributed by atoms with Crippen molar-refractivity contribution in [1.29, 1.82) is 0 Å². The number of carbonyl (C=O) groups excluding carboxylic acids is 8. The van der Waals surface area contributed by atoms with Gasteiger partial charge in [-0.05, 0) is 65.3 Å². The first-order chi connectivity index (χ1) is 47.0. The molecule has 0 radical (unpaired) electrons.